The molecule has 168 valence electrons. The molecule has 0 atom stereocenters. The van der Waals surface area contributed by atoms with E-state index < -0.39 is 10.0 Å². The number of benzene rings is 2. The number of anilines is 1. The van der Waals surface area contributed by atoms with Gasteiger partial charge in [0.15, 0.2) is 6.61 Å². The third kappa shape index (κ3) is 6.08. The first-order valence-electron chi connectivity index (χ1n) is 10.9. The van der Waals surface area contributed by atoms with E-state index >= 15 is 0 Å². The van der Waals surface area contributed by atoms with Gasteiger partial charge in [0, 0.05) is 18.8 Å². The lowest BCUT2D eigenvalue weighted by Crippen LogP contribution is -2.32. The summed E-state index contributed by atoms with van der Waals surface area (Å²) in [5, 5.41) is 2.76. The van der Waals surface area contributed by atoms with Gasteiger partial charge in [-0.25, -0.2) is 8.42 Å². The van der Waals surface area contributed by atoms with E-state index in [1.807, 2.05) is 25.1 Å². The average molecular weight is 445 g/mol. The minimum absolute atomic E-state index is 0.147. The fraction of sp³-hybridized carbons (Fsp3) is 0.458. The highest BCUT2D eigenvalue weighted by Crippen LogP contribution is 2.27. The molecule has 0 unspecified atom stereocenters. The van der Waals surface area contributed by atoms with Crippen LogP contribution < -0.4 is 10.1 Å². The molecule has 31 heavy (non-hydrogen) atoms. The van der Waals surface area contributed by atoms with E-state index in [4.69, 9.17) is 4.74 Å². The van der Waals surface area contributed by atoms with E-state index in [0.29, 0.717) is 24.5 Å². The van der Waals surface area contributed by atoms with Crippen LogP contribution in [-0.2, 0) is 14.8 Å². The molecule has 0 saturated carbocycles. The lowest BCUT2D eigenvalue weighted by Gasteiger charge is -2.20. The Bertz CT molecular complexity index is 1010. The Labute approximate surface area is 185 Å². The zero-order valence-electron chi connectivity index (χ0n) is 18.6. The maximum atomic E-state index is 13.0. The van der Waals surface area contributed by atoms with Crippen molar-refractivity contribution in [3.05, 3.63) is 53.6 Å². The Hall–Kier alpha value is -2.38. The number of hydrogen-bond acceptors (Lipinski definition) is 4. The van der Waals surface area contributed by atoms with Gasteiger partial charge in [0.2, 0.25) is 10.0 Å². The quantitative estimate of drug-likeness (QED) is 0.672. The molecule has 0 radical (unpaired) electrons. The number of rotatable bonds is 7. The van der Waals surface area contributed by atoms with E-state index in [0.717, 1.165) is 36.8 Å². The highest BCUT2D eigenvalue weighted by molar-refractivity contribution is 7.89. The van der Waals surface area contributed by atoms with Gasteiger partial charge < -0.3 is 10.1 Å². The number of amides is 1. The molecule has 6 nitrogen and oxygen atoms in total. The minimum Gasteiger partial charge on any atom is -0.483 e. The summed E-state index contributed by atoms with van der Waals surface area (Å²) in [5.74, 6) is 0.641. The van der Waals surface area contributed by atoms with Gasteiger partial charge in [-0.3, -0.25) is 4.79 Å². The van der Waals surface area contributed by atoms with E-state index in [9.17, 15) is 13.2 Å². The van der Waals surface area contributed by atoms with Crippen LogP contribution in [0.4, 0.5) is 5.69 Å². The van der Waals surface area contributed by atoms with E-state index in [2.05, 4.69) is 19.2 Å². The molecule has 2 aromatic carbocycles. The van der Waals surface area contributed by atoms with Gasteiger partial charge in [0.05, 0.1) is 4.90 Å². The van der Waals surface area contributed by atoms with Crippen molar-refractivity contribution in [1.82, 2.24) is 4.31 Å². The number of aryl methyl sites for hydroxylation is 1. The molecule has 1 N–H and O–H groups in total. The second-order valence-electron chi connectivity index (χ2n) is 8.38. The van der Waals surface area contributed by atoms with Gasteiger partial charge in [-0.2, -0.15) is 4.31 Å². The minimum atomic E-state index is -3.57. The maximum Gasteiger partial charge on any atom is 0.262 e. The fourth-order valence-corrected chi connectivity index (χ4v) is 5.31. The van der Waals surface area contributed by atoms with Crippen LogP contribution in [0.5, 0.6) is 5.75 Å². The van der Waals surface area contributed by atoms with Crippen LogP contribution >= 0.6 is 0 Å². The normalized spacial score (nSPS) is 15.5. The fourth-order valence-electron chi connectivity index (χ4n) is 3.75. The van der Waals surface area contributed by atoms with Crippen molar-refractivity contribution in [2.75, 3.05) is 25.0 Å². The van der Waals surface area contributed by atoms with Crippen molar-refractivity contribution in [2.45, 2.75) is 57.3 Å². The number of sulfonamides is 1. The molecule has 0 bridgehead atoms. The molecule has 1 fully saturated rings. The number of hydrogen-bond donors (Lipinski definition) is 1. The predicted octanol–water partition coefficient (Wildman–Crippen LogP) is 4.70. The third-order valence-corrected chi connectivity index (χ3v) is 7.37. The molecule has 0 aliphatic carbocycles. The highest BCUT2D eigenvalue weighted by Gasteiger charge is 2.25. The molecule has 2 aromatic rings. The van der Waals surface area contributed by atoms with Crippen LogP contribution in [0.15, 0.2) is 47.4 Å². The SMILES string of the molecule is Cc1ccc(C(C)C)c(OCC(=O)Nc2cccc(S(=O)(=O)N3CCCCCC3)c2)c1. The van der Waals surface area contributed by atoms with Crippen molar-refractivity contribution >= 4 is 21.6 Å². The standard InChI is InChI=1S/C24H32N2O4S/c1-18(2)22-12-11-19(3)15-23(22)30-17-24(27)25-20-9-8-10-21(16-20)31(28,29)26-13-6-4-5-7-14-26/h8-12,15-16,18H,4-7,13-14,17H2,1-3H3,(H,25,27). The van der Waals surface area contributed by atoms with Gasteiger partial charge in [0.25, 0.3) is 5.91 Å². The molecule has 1 aliphatic heterocycles. The van der Waals surface area contributed by atoms with Gasteiger partial charge >= 0.3 is 0 Å². The molecule has 0 spiro atoms. The summed E-state index contributed by atoms with van der Waals surface area (Å²) in [6, 6.07) is 12.4. The van der Waals surface area contributed by atoms with Crippen LogP contribution in [-0.4, -0.2) is 38.3 Å². The van der Waals surface area contributed by atoms with Crippen LogP contribution in [0.2, 0.25) is 0 Å². The van der Waals surface area contributed by atoms with E-state index in [-0.39, 0.29) is 23.3 Å². The van der Waals surface area contributed by atoms with Gasteiger partial charge in [0.1, 0.15) is 5.75 Å². The van der Waals surface area contributed by atoms with Crippen LogP contribution in [0, 0.1) is 6.92 Å². The number of nitrogens with zero attached hydrogens (tertiary/aromatic N) is 1. The summed E-state index contributed by atoms with van der Waals surface area (Å²) < 4.78 is 33.4. The zero-order valence-corrected chi connectivity index (χ0v) is 19.4. The van der Waals surface area contributed by atoms with Crippen LogP contribution in [0.3, 0.4) is 0 Å². The Kier molecular flexibility index (Phi) is 7.73. The van der Waals surface area contributed by atoms with Crippen molar-refractivity contribution in [2.24, 2.45) is 0 Å². The highest BCUT2D eigenvalue weighted by atomic mass is 32.2. The topological polar surface area (TPSA) is 75.7 Å². The second kappa shape index (κ2) is 10.3. The number of ether oxygens (including phenoxy) is 1. The molecule has 7 heteroatoms. The van der Waals surface area contributed by atoms with Gasteiger partial charge in [-0.15, -0.1) is 0 Å². The summed E-state index contributed by atoms with van der Waals surface area (Å²) in [6.07, 6.45) is 3.87. The van der Waals surface area contributed by atoms with Gasteiger partial charge in [-0.05, 0) is 61.1 Å². The summed E-state index contributed by atoms with van der Waals surface area (Å²) >= 11 is 0. The first-order valence-corrected chi connectivity index (χ1v) is 12.3. The molecule has 0 aromatic heterocycles. The molecular formula is C24H32N2O4S. The van der Waals surface area contributed by atoms with Crippen molar-refractivity contribution in [3.8, 4) is 5.75 Å². The second-order valence-corrected chi connectivity index (χ2v) is 10.3. The number of carbonyl (C=O) groups is 1. The lowest BCUT2D eigenvalue weighted by atomic mass is 10.0. The summed E-state index contributed by atoms with van der Waals surface area (Å²) in [5.41, 5.74) is 2.55. The molecule has 1 aliphatic rings. The third-order valence-electron chi connectivity index (χ3n) is 5.47. The monoisotopic (exact) mass is 444 g/mol. The lowest BCUT2D eigenvalue weighted by molar-refractivity contribution is -0.118. The maximum absolute atomic E-state index is 13.0. The Morgan fingerprint density at radius 2 is 1.77 bits per heavy atom. The summed E-state index contributed by atoms with van der Waals surface area (Å²) in [6.45, 7) is 7.07. The van der Waals surface area contributed by atoms with Crippen LogP contribution in [0.1, 0.15) is 56.6 Å². The average Bonchev–Trinajstić information content (AvgIpc) is 3.02. The molecular weight excluding hydrogens is 412 g/mol. The summed E-state index contributed by atoms with van der Waals surface area (Å²) in [7, 11) is -3.57. The first kappa shape index (κ1) is 23.3. The molecule has 1 heterocycles. The van der Waals surface area contributed by atoms with Crippen LogP contribution in [0.25, 0.3) is 0 Å². The van der Waals surface area contributed by atoms with E-state index in [1.165, 1.54) is 6.07 Å². The number of nitrogens with one attached hydrogen (secondary N) is 1. The largest absolute Gasteiger partial charge is 0.483 e. The Morgan fingerprint density at radius 1 is 1.06 bits per heavy atom. The number of carbonyl (C=O) groups excluding carboxylic acids is 1. The Morgan fingerprint density at radius 3 is 2.45 bits per heavy atom. The van der Waals surface area contributed by atoms with Gasteiger partial charge in [-0.1, -0.05) is 44.9 Å². The molecule has 1 saturated heterocycles. The summed E-state index contributed by atoms with van der Waals surface area (Å²) in [4.78, 5) is 12.7. The molecule has 3 rings (SSSR count). The van der Waals surface area contributed by atoms with E-state index in [1.54, 1.807) is 22.5 Å². The van der Waals surface area contributed by atoms with Crippen molar-refractivity contribution in [3.63, 3.8) is 0 Å². The molecule has 1 amide bonds. The van der Waals surface area contributed by atoms with Crippen molar-refractivity contribution in [1.29, 1.82) is 0 Å². The first-order chi connectivity index (χ1) is 14.8. The smallest absolute Gasteiger partial charge is 0.262 e. The zero-order chi connectivity index (χ0) is 22.4. The van der Waals surface area contributed by atoms with Crippen molar-refractivity contribution < 1.29 is 17.9 Å². The Balaban J connectivity index is 1.67. The predicted molar refractivity (Wildman–Crippen MR) is 123 cm³/mol.